The smallest absolute Gasteiger partial charge is 0.122 e. The normalized spacial score (nSPS) is 11.5. The minimum atomic E-state index is -0.250. The Labute approximate surface area is 91.4 Å². The molecular weight excluding hydrogens is 188 g/mol. The zero-order valence-corrected chi connectivity index (χ0v) is 9.71. The van der Waals surface area contributed by atoms with Crippen LogP contribution in [-0.4, -0.2) is 12.1 Å². The van der Waals surface area contributed by atoms with Crippen LogP contribution in [0.5, 0.6) is 5.75 Å². The lowest BCUT2D eigenvalue weighted by molar-refractivity contribution is 0.333. The number of hydrogen-bond donors (Lipinski definition) is 2. The van der Waals surface area contributed by atoms with E-state index in [0.29, 0.717) is 6.61 Å². The van der Waals surface area contributed by atoms with Gasteiger partial charge in [-0.05, 0) is 51.0 Å². The summed E-state index contributed by atoms with van der Waals surface area (Å²) in [7, 11) is 0. The SMILES string of the molecule is CCOc1ccc(N)cc1CC(C)(C)N. The summed E-state index contributed by atoms with van der Waals surface area (Å²) >= 11 is 0. The van der Waals surface area contributed by atoms with Gasteiger partial charge in [-0.15, -0.1) is 0 Å². The minimum absolute atomic E-state index is 0.250. The van der Waals surface area contributed by atoms with Crippen LogP contribution in [-0.2, 0) is 6.42 Å². The summed E-state index contributed by atoms with van der Waals surface area (Å²) in [5.74, 6) is 0.880. The highest BCUT2D eigenvalue weighted by Crippen LogP contribution is 2.24. The van der Waals surface area contributed by atoms with Crippen LogP contribution < -0.4 is 16.2 Å². The molecule has 0 unspecified atom stereocenters. The van der Waals surface area contributed by atoms with Crippen molar-refractivity contribution < 1.29 is 4.74 Å². The summed E-state index contributed by atoms with van der Waals surface area (Å²) in [5.41, 5.74) is 13.3. The first-order valence-corrected chi connectivity index (χ1v) is 5.22. The summed E-state index contributed by atoms with van der Waals surface area (Å²) in [6.07, 6.45) is 0.757. The van der Waals surface area contributed by atoms with E-state index in [1.165, 1.54) is 0 Å². The molecule has 0 aliphatic carbocycles. The largest absolute Gasteiger partial charge is 0.494 e. The monoisotopic (exact) mass is 208 g/mol. The highest BCUT2D eigenvalue weighted by atomic mass is 16.5. The van der Waals surface area contributed by atoms with Crippen molar-refractivity contribution in [2.75, 3.05) is 12.3 Å². The van der Waals surface area contributed by atoms with Gasteiger partial charge in [0.15, 0.2) is 0 Å². The summed E-state index contributed by atoms with van der Waals surface area (Å²) in [4.78, 5) is 0. The molecule has 0 aliphatic heterocycles. The van der Waals surface area contributed by atoms with Crippen molar-refractivity contribution in [3.63, 3.8) is 0 Å². The van der Waals surface area contributed by atoms with Crippen molar-refractivity contribution in [1.82, 2.24) is 0 Å². The first-order chi connectivity index (χ1) is 6.92. The van der Waals surface area contributed by atoms with Crippen LogP contribution in [0.25, 0.3) is 0 Å². The molecule has 1 aromatic carbocycles. The highest BCUT2D eigenvalue weighted by Gasteiger charge is 2.15. The van der Waals surface area contributed by atoms with E-state index in [1.54, 1.807) is 0 Å². The van der Waals surface area contributed by atoms with E-state index < -0.39 is 0 Å². The fourth-order valence-corrected chi connectivity index (χ4v) is 1.52. The second kappa shape index (κ2) is 4.53. The Kier molecular flexibility index (Phi) is 3.58. The van der Waals surface area contributed by atoms with Gasteiger partial charge in [-0.1, -0.05) is 0 Å². The molecule has 0 spiro atoms. The Morgan fingerprint density at radius 1 is 1.33 bits per heavy atom. The molecule has 0 atom stereocenters. The van der Waals surface area contributed by atoms with Crippen LogP contribution in [0.2, 0.25) is 0 Å². The molecule has 0 fully saturated rings. The maximum atomic E-state index is 5.99. The molecule has 3 heteroatoms. The van der Waals surface area contributed by atoms with Crippen molar-refractivity contribution in [3.05, 3.63) is 23.8 Å². The topological polar surface area (TPSA) is 61.3 Å². The average Bonchev–Trinajstić information content (AvgIpc) is 2.07. The standard InChI is InChI=1S/C12H20N2O/c1-4-15-11-6-5-10(13)7-9(11)8-12(2,3)14/h5-7H,4,8,13-14H2,1-3H3. The Bertz CT molecular complexity index is 329. The molecule has 4 N–H and O–H groups in total. The lowest BCUT2D eigenvalue weighted by atomic mass is 9.95. The third kappa shape index (κ3) is 3.80. The molecule has 0 aromatic heterocycles. The molecule has 1 rings (SSSR count). The van der Waals surface area contributed by atoms with Crippen LogP contribution in [0.4, 0.5) is 5.69 Å². The number of anilines is 1. The fourth-order valence-electron chi connectivity index (χ4n) is 1.52. The highest BCUT2D eigenvalue weighted by molar-refractivity contribution is 5.48. The molecule has 3 nitrogen and oxygen atoms in total. The number of nitrogens with two attached hydrogens (primary N) is 2. The van der Waals surface area contributed by atoms with E-state index in [-0.39, 0.29) is 5.54 Å². The summed E-state index contributed by atoms with van der Waals surface area (Å²) in [6, 6.07) is 5.68. The lowest BCUT2D eigenvalue weighted by Gasteiger charge is -2.20. The van der Waals surface area contributed by atoms with Gasteiger partial charge in [-0.2, -0.15) is 0 Å². The number of hydrogen-bond acceptors (Lipinski definition) is 3. The Morgan fingerprint density at radius 2 is 2.00 bits per heavy atom. The molecular formula is C12H20N2O. The van der Waals surface area contributed by atoms with E-state index in [9.17, 15) is 0 Å². The first kappa shape index (κ1) is 11.9. The second-order valence-corrected chi connectivity index (χ2v) is 4.47. The minimum Gasteiger partial charge on any atom is -0.494 e. The van der Waals surface area contributed by atoms with E-state index in [1.807, 2.05) is 39.0 Å². The molecule has 0 heterocycles. The van der Waals surface area contributed by atoms with Gasteiger partial charge >= 0.3 is 0 Å². The second-order valence-electron chi connectivity index (χ2n) is 4.47. The summed E-state index contributed by atoms with van der Waals surface area (Å²) < 4.78 is 5.53. The average molecular weight is 208 g/mol. The van der Waals surface area contributed by atoms with Crippen LogP contribution in [0.3, 0.4) is 0 Å². The van der Waals surface area contributed by atoms with Crippen LogP contribution in [0, 0.1) is 0 Å². The maximum Gasteiger partial charge on any atom is 0.122 e. The molecule has 0 amide bonds. The lowest BCUT2D eigenvalue weighted by Crippen LogP contribution is -2.34. The Balaban J connectivity index is 2.96. The zero-order valence-electron chi connectivity index (χ0n) is 9.71. The van der Waals surface area contributed by atoms with Crippen LogP contribution >= 0.6 is 0 Å². The summed E-state index contributed by atoms with van der Waals surface area (Å²) in [5, 5.41) is 0. The zero-order chi connectivity index (χ0) is 11.5. The van der Waals surface area contributed by atoms with E-state index >= 15 is 0 Å². The van der Waals surface area contributed by atoms with Crippen molar-refractivity contribution in [1.29, 1.82) is 0 Å². The number of rotatable bonds is 4. The predicted octanol–water partition coefficient (Wildman–Crippen LogP) is 1.95. The molecule has 1 aromatic rings. The van der Waals surface area contributed by atoms with E-state index in [0.717, 1.165) is 23.4 Å². The van der Waals surface area contributed by atoms with Gasteiger partial charge in [0.25, 0.3) is 0 Å². The maximum absolute atomic E-state index is 5.99. The van der Waals surface area contributed by atoms with Crippen molar-refractivity contribution in [2.45, 2.75) is 32.7 Å². The van der Waals surface area contributed by atoms with Gasteiger partial charge in [0.1, 0.15) is 5.75 Å². The quantitative estimate of drug-likeness (QED) is 0.743. The van der Waals surface area contributed by atoms with Gasteiger partial charge in [0.2, 0.25) is 0 Å². The van der Waals surface area contributed by atoms with E-state index in [2.05, 4.69) is 0 Å². The van der Waals surface area contributed by atoms with Crippen molar-refractivity contribution in [2.24, 2.45) is 5.73 Å². The van der Waals surface area contributed by atoms with Crippen molar-refractivity contribution in [3.8, 4) is 5.75 Å². The van der Waals surface area contributed by atoms with Gasteiger partial charge in [0.05, 0.1) is 6.61 Å². The molecule has 0 radical (unpaired) electrons. The Hall–Kier alpha value is -1.22. The third-order valence-corrected chi connectivity index (χ3v) is 2.03. The Morgan fingerprint density at radius 3 is 2.53 bits per heavy atom. The molecule has 15 heavy (non-hydrogen) atoms. The van der Waals surface area contributed by atoms with Gasteiger partial charge in [-0.25, -0.2) is 0 Å². The number of benzene rings is 1. The fraction of sp³-hybridized carbons (Fsp3) is 0.500. The predicted molar refractivity (Wildman–Crippen MR) is 64.0 cm³/mol. The number of nitrogen functional groups attached to an aromatic ring is 1. The molecule has 84 valence electrons. The summed E-state index contributed by atoms with van der Waals surface area (Å²) in [6.45, 7) is 6.60. The van der Waals surface area contributed by atoms with Gasteiger partial charge in [-0.3, -0.25) is 0 Å². The number of ether oxygens (including phenoxy) is 1. The van der Waals surface area contributed by atoms with Gasteiger partial charge < -0.3 is 16.2 Å². The molecule has 0 aliphatic rings. The first-order valence-electron chi connectivity index (χ1n) is 5.22. The molecule has 0 saturated carbocycles. The van der Waals surface area contributed by atoms with E-state index in [4.69, 9.17) is 16.2 Å². The molecule has 0 saturated heterocycles. The van der Waals surface area contributed by atoms with Crippen LogP contribution in [0.1, 0.15) is 26.3 Å². The molecule has 0 bridgehead atoms. The van der Waals surface area contributed by atoms with Crippen LogP contribution in [0.15, 0.2) is 18.2 Å². The van der Waals surface area contributed by atoms with Crippen molar-refractivity contribution >= 4 is 5.69 Å². The van der Waals surface area contributed by atoms with Gasteiger partial charge in [0, 0.05) is 11.2 Å². The third-order valence-electron chi connectivity index (χ3n) is 2.03.